The van der Waals surface area contributed by atoms with Crippen LogP contribution in [0.5, 0.6) is 0 Å². The minimum atomic E-state index is -4.49. The van der Waals surface area contributed by atoms with Crippen LogP contribution in [0.4, 0.5) is 13.2 Å². The van der Waals surface area contributed by atoms with Crippen molar-refractivity contribution in [3.63, 3.8) is 0 Å². The highest BCUT2D eigenvalue weighted by atomic mass is 32.1. The van der Waals surface area contributed by atoms with Crippen molar-refractivity contribution in [1.29, 1.82) is 0 Å². The summed E-state index contributed by atoms with van der Waals surface area (Å²) < 4.78 is 36.9. The van der Waals surface area contributed by atoms with Crippen molar-refractivity contribution >= 4 is 17.3 Å². The van der Waals surface area contributed by atoms with Gasteiger partial charge in [-0.15, -0.1) is 11.3 Å². The van der Waals surface area contributed by atoms with Gasteiger partial charge in [-0.1, -0.05) is 7.43 Å². The zero-order valence-electron chi connectivity index (χ0n) is 8.08. The predicted molar refractivity (Wildman–Crippen MR) is 60.6 cm³/mol. The number of nitrogens with zero attached hydrogens (tertiary/aromatic N) is 1. The van der Waals surface area contributed by atoms with E-state index in [1.54, 1.807) is 0 Å². The first-order valence-corrected chi connectivity index (χ1v) is 5.15. The number of carbonyl (C=O) groups is 1. The molecular weight excluding hydrogens is 269 g/mol. The van der Waals surface area contributed by atoms with Gasteiger partial charge in [0.2, 0.25) is 0 Å². The number of aromatic amines is 1. The molecule has 18 heavy (non-hydrogen) atoms. The van der Waals surface area contributed by atoms with Gasteiger partial charge in [-0.05, 0) is 18.2 Å². The van der Waals surface area contributed by atoms with Crippen molar-refractivity contribution in [2.24, 2.45) is 0 Å². The summed E-state index contributed by atoms with van der Waals surface area (Å²) in [4.78, 5) is 11.0. The van der Waals surface area contributed by atoms with Crippen LogP contribution < -0.4 is 0 Å². The Bertz CT molecular complexity index is 559. The van der Waals surface area contributed by atoms with Gasteiger partial charge in [0, 0.05) is 0 Å². The van der Waals surface area contributed by atoms with Crippen LogP contribution in [0.25, 0.3) is 10.6 Å². The summed E-state index contributed by atoms with van der Waals surface area (Å²) in [7, 11) is 0. The number of carboxylic acids is 1. The van der Waals surface area contributed by atoms with E-state index in [9.17, 15) is 18.0 Å². The SMILES string of the molecule is C.O=C(O)c1ccc(-c2cc(C(F)(F)F)[nH]n2)s1. The van der Waals surface area contributed by atoms with Crippen molar-refractivity contribution in [1.82, 2.24) is 10.2 Å². The van der Waals surface area contributed by atoms with Crippen molar-refractivity contribution in [2.45, 2.75) is 13.6 Å². The molecule has 0 amide bonds. The lowest BCUT2D eigenvalue weighted by molar-refractivity contribution is -0.141. The fraction of sp³-hybridized carbons (Fsp3) is 0.200. The number of hydrogen-bond donors (Lipinski definition) is 2. The van der Waals surface area contributed by atoms with Gasteiger partial charge < -0.3 is 5.11 Å². The molecule has 8 heteroatoms. The monoisotopic (exact) mass is 278 g/mol. The molecule has 0 atom stereocenters. The minimum absolute atomic E-state index is 0. The summed E-state index contributed by atoms with van der Waals surface area (Å²) in [6.07, 6.45) is -4.49. The zero-order valence-corrected chi connectivity index (χ0v) is 8.89. The molecule has 2 aromatic heterocycles. The van der Waals surface area contributed by atoms with Crippen molar-refractivity contribution in [3.8, 4) is 10.6 Å². The van der Waals surface area contributed by atoms with E-state index in [1.807, 2.05) is 5.10 Å². The molecular formula is C10H9F3N2O2S. The molecule has 2 heterocycles. The second kappa shape index (κ2) is 4.81. The zero-order chi connectivity index (χ0) is 12.6. The third kappa shape index (κ3) is 2.70. The number of halogens is 3. The number of aromatic carboxylic acids is 1. The van der Waals surface area contributed by atoms with Crippen molar-refractivity contribution < 1.29 is 23.1 Å². The van der Waals surface area contributed by atoms with Crippen molar-refractivity contribution in [3.05, 3.63) is 28.8 Å². The molecule has 98 valence electrons. The van der Waals surface area contributed by atoms with Gasteiger partial charge in [0.15, 0.2) is 0 Å². The van der Waals surface area contributed by atoms with E-state index in [2.05, 4.69) is 5.10 Å². The molecule has 4 nitrogen and oxygen atoms in total. The topological polar surface area (TPSA) is 66.0 Å². The number of alkyl halides is 3. The summed E-state index contributed by atoms with van der Waals surface area (Å²) in [5.41, 5.74) is -0.882. The quantitative estimate of drug-likeness (QED) is 0.883. The Hall–Kier alpha value is -1.83. The predicted octanol–water partition coefficient (Wildman–Crippen LogP) is 3.49. The Morgan fingerprint density at radius 2 is 2.06 bits per heavy atom. The molecule has 0 radical (unpaired) electrons. The fourth-order valence-electron chi connectivity index (χ4n) is 1.18. The molecule has 0 aliphatic rings. The van der Waals surface area contributed by atoms with Gasteiger partial charge in [0.05, 0.1) is 4.88 Å². The Balaban J connectivity index is 0.00000162. The molecule has 2 rings (SSSR count). The van der Waals surface area contributed by atoms with Crippen LogP contribution in [-0.4, -0.2) is 21.3 Å². The first-order chi connectivity index (χ1) is 7.88. The largest absolute Gasteiger partial charge is 0.477 e. The molecule has 0 unspecified atom stereocenters. The summed E-state index contributed by atoms with van der Waals surface area (Å²) >= 11 is 0.869. The van der Waals surface area contributed by atoms with Gasteiger partial charge in [0.25, 0.3) is 0 Å². The van der Waals surface area contributed by atoms with Crippen LogP contribution in [0.1, 0.15) is 22.8 Å². The standard InChI is InChI=1S/C9H5F3N2O2S.CH4/c10-9(11,12)7-3-4(13-14-7)5-1-2-6(17-5)8(15)16;/h1-3H,(H,13,14)(H,15,16);1H4. The van der Waals surface area contributed by atoms with Crippen molar-refractivity contribution in [2.75, 3.05) is 0 Å². The van der Waals surface area contributed by atoms with Crippen LogP contribution in [0.2, 0.25) is 0 Å². The maximum atomic E-state index is 12.3. The molecule has 0 bridgehead atoms. The van der Waals surface area contributed by atoms with Gasteiger partial charge in [-0.25, -0.2) is 4.79 Å². The maximum Gasteiger partial charge on any atom is 0.432 e. The van der Waals surface area contributed by atoms with Gasteiger partial charge >= 0.3 is 12.1 Å². The highest BCUT2D eigenvalue weighted by molar-refractivity contribution is 7.17. The molecule has 2 aromatic rings. The molecule has 0 aromatic carbocycles. The Kier molecular flexibility index (Phi) is 3.80. The third-order valence-electron chi connectivity index (χ3n) is 1.95. The average molecular weight is 278 g/mol. The molecule has 0 spiro atoms. The smallest absolute Gasteiger partial charge is 0.432 e. The lowest BCUT2D eigenvalue weighted by Crippen LogP contribution is -2.04. The lowest BCUT2D eigenvalue weighted by atomic mass is 10.3. The Morgan fingerprint density at radius 1 is 1.39 bits per heavy atom. The van der Waals surface area contributed by atoms with E-state index < -0.39 is 17.8 Å². The number of H-pyrrole nitrogens is 1. The lowest BCUT2D eigenvalue weighted by Gasteiger charge is -1.99. The van der Waals surface area contributed by atoms with E-state index in [0.717, 1.165) is 17.4 Å². The molecule has 0 aliphatic carbocycles. The van der Waals surface area contributed by atoms with Gasteiger partial charge in [-0.3, -0.25) is 5.10 Å². The number of hydrogen-bond acceptors (Lipinski definition) is 3. The Morgan fingerprint density at radius 3 is 2.50 bits per heavy atom. The van der Waals surface area contributed by atoms with E-state index >= 15 is 0 Å². The normalized spacial score (nSPS) is 11.1. The molecule has 2 N–H and O–H groups in total. The van der Waals surface area contributed by atoms with Crippen LogP contribution in [0.3, 0.4) is 0 Å². The minimum Gasteiger partial charge on any atom is -0.477 e. The summed E-state index contributed by atoms with van der Waals surface area (Å²) in [5, 5.41) is 14.0. The first-order valence-electron chi connectivity index (χ1n) is 4.34. The summed E-state index contributed by atoms with van der Waals surface area (Å²) in [5.74, 6) is -1.12. The number of thiophene rings is 1. The number of carboxylic acid groups (broad SMARTS) is 1. The number of rotatable bonds is 2. The van der Waals surface area contributed by atoms with Crippen LogP contribution in [-0.2, 0) is 6.18 Å². The van der Waals surface area contributed by atoms with Gasteiger partial charge in [-0.2, -0.15) is 18.3 Å². The van der Waals surface area contributed by atoms with Crippen LogP contribution in [0, 0.1) is 0 Å². The molecule has 0 saturated heterocycles. The Labute approximate surface area is 104 Å². The van der Waals surface area contributed by atoms with E-state index in [-0.39, 0.29) is 18.0 Å². The highest BCUT2D eigenvalue weighted by Gasteiger charge is 2.33. The number of aromatic nitrogens is 2. The van der Waals surface area contributed by atoms with Crippen LogP contribution in [0.15, 0.2) is 18.2 Å². The van der Waals surface area contributed by atoms with E-state index in [1.165, 1.54) is 12.1 Å². The summed E-state index contributed by atoms with van der Waals surface area (Å²) in [6, 6.07) is 3.59. The highest BCUT2D eigenvalue weighted by Crippen LogP contribution is 2.32. The fourth-order valence-corrected chi connectivity index (χ4v) is 1.99. The van der Waals surface area contributed by atoms with E-state index in [4.69, 9.17) is 5.11 Å². The average Bonchev–Trinajstić information content (AvgIpc) is 2.85. The molecule has 0 fully saturated rings. The van der Waals surface area contributed by atoms with Gasteiger partial charge in [0.1, 0.15) is 16.3 Å². The molecule has 0 saturated carbocycles. The van der Waals surface area contributed by atoms with E-state index in [0.29, 0.717) is 4.88 Å². The second-order valence-electron chi connectivity index (χ2n) is 3.13. The first kappa shape index (κ1) is 14.2. The van der Waals surface area contributed by atoms with Crippen LogP contribution >= 0.6 is 11.3 Å². The number of nitrogens with one attached hydrogen (secondary N) is 1. The molecule has 0 aliphatic heterocycles. The summed E-state index contributed by atoms with van der Waals surface area (Å²) in [6.45, 7) is 0. The maximum absolute atomic E-state index is 12.3. The third-order valence-corrected chi connectivity index (χ3v) is 3.05. The second-order valence-corrected chi connectivity index (χ2v) is 4.22.